The van der Waals surface area contributed by atoms with Crippen LogP contribution in [0.4, 0.5) is 8.78 Å². The minimum atomic E-state index is -0.753. The van der Waals surface area contributed by atoms with Gasteiger partial charge in [0.25, 0.3) is 0 Å². The predicted octanol–water partition coefficient (Wildman–Crippen LogP) is 2.36. The third kappa shape index (κ3) is 4.69. The van der Waals surface area contributed by atoms with Gasteiger partial charge in [-0.1, -0.05) is 0 Å². The molecule has 0 radical (unpaired) electrons. The number of fused-ring (bicyclic) bond motifs is 2. The van der Waals surface area contributed by atoms with E-state index in [0.717, 1.165) is 11.1 Å². The van der Waals surface area contributed by atoms with Crippen LogP contribution in [-0.2, 0) is 12.8 Å². The lowest BCUT2D eigenvalue weighted by Crippen LogP contribution is -2.46. The van der Waals surface area contributed by atoms with E-state index in [4.69, 9.17) is 9.47 Å². The van der Waals surface area contributed by atoms with Crippen LogP contribution in [0.1, 0.15) is 24.0 Å². The van der Waals surface area contributed by atoms with E-state index >= 15 is 0 Å². The summed E-state index contributed by atoms with van der Waals surface area (Å²) < 4.78 is 38.2. The molecule has 2 heterocycles. The number of aliphatic hydroxyl groups excluding tert-OH is 2. The molecular weight excluding hydrogens is 380 g/mol. The molecule has 0 saturated heterocycles. The normalized spacial score (nSPS) is 22.6. The lowest BCUT2D eigenvalue weighted by Gasteiger charge is -2.31. The number of halogens is 2. The Kier molecular flexibility index (Phi) is 5.99. The number of hydrogen-bond acceptors (Lipinski definition) is 5. The molecule has 156 valence electrons. The number of hydrogen-bond donors (Lipinski definition) is 3. The highest BCUT2D eigenvalue weighted by Gasteiger charge is 2.29. The van der Waals surface area contributed by atoms with Gasteiger partial charge in [0.05, 0.1) is 0 Å². The average molecular weight is 405 g/mol. The number of aryl methyl sites for hydroxylation is 2. The van der Waals surface area contributed by atoms with Gasteiger partial charge in [-0.25, -0.2) is 8.78 Å². The van der Waals surface area contributed by atoms with Gasteiger partial charge in [0.15, 0.2) is 0 Å². The van der Waals surface area contributed by atoms with Gasteiger partial charge in [-0.3, -0.25) is 0 Å². The Balaban J connectivity index is 1.24. The van der Waals surface area contributed by atoms with Crippen molar-refractivity contribution in [3.05, 3.63) is 59.2 Å². The zero-order valence-corrected chi connectivity index (χ0v) is 16.0. The van der Waals surface area contributed by atoms with Crippen molar-refractivity contribution >= 4 is 0 Å². The molecule has 2 aromatic carbocycles. The molecule has 7 heteroatoms. The fourth-order valence-electron chi connectivity index (χ4n) is 3.94. The van der Waals surface area contributed by atoms with E-state index < -0.39 is 12.2 Å². The third-order valence-electron chi connectivity index (χ3n) is 5.56. The molecule has 2 aliphatic rings. The summed E-state index contributed by atoms with van der Waals surface area (Å²) in [6.45, 7) is 0.513. The van der Waals surface area contributed by atoms with Crippen LogP contribution in [0, 0.1) is 11.6 Å². The topological polar surface area (TPSA) is 71.0 Å². The Hall–Kier alpha value is -2.22. The minimum Gasteiger partial charge on any atom is -0.487 e. The van der Waals surface area contributed by atoms with Crippen LogP contribution in [0.15, 0.2) is 36.4 Å². The summed E-state index contributed by atoms with van der Waals surface area (Å²) in [7, 11) is 0. The van der Waals surface area contributed by atoms with Crippen molar-refractivity contribution in [2.24, 2.45) is 0 Å². The van der Waals surface area contributed by atoms with Crippen molar-refractivity contribution in [2.45, 2.75) is 50.1 Å². The summed E-state index contributed by atoms with van der Waals surface area (Å²) in [5, 5.41) is 23.9. The van der Waals surface area contributed by atoms with Gasteiger partial charge in [0.2, 0.25) is 0 Å². The van der Waals surface area contributed by atoms with Crippen molar-refractivity contribution in [1.82, 2.24) is 5.32 Å². The molecule has 2 aliphatic heterocycles. The molecule has 2 aromatic rings. The first-order valence-corrected chi connectivity index (χ1v) is 9.96. The van der Waals surface area contributed by atoms with Gasteiger partial charge in [0.1, 0.15) is 47.5 Å². The first kappa shape index (κ1) is 20.1. The van der Waals surface area contributed by atoms with E-state index in [1.54, 1.807) is 12.1 Å². The molecule has 0 saturated carbocycles. The number of nitrogens with one attached hydrogen (secondary N) is 1. The summed E-state index contributed by atoms with van der Waals surface area (Å²) in [6.07, 6.45) is 0.214. The Labute approximate surface area is 168 Å². The number of aliphatic hydroxyl groups is 2. The van der Waals surface area contributed by atoms with Crippen LogP contribution in [0.3, 0.4) is 0 Å². The quantitative estimate of drug-likeness (QED) is 0.688. The summed E-state index contributed by atoms with van der Waals surface area (Å²) in [4.78, 5) is 0. The number of rotatable bonds is 6. The Morgan fingerprint density at radius 2 is 1.28 bits per heavy atom. The number of benzene rings is 2. The molecule has 3 N–H and O–H groups in total. The predicted molar refractivity (Wildman–Crippen MR) is 103 cm³/mol. The van der Waals surface area contributed by atoms with E-state index in [-0.39, 0.29) is 36.9 Å². The molecular formula is C22H25F2NO4. The average Bonchev–Trinajstić information content (AvgIpc) is 2.72. The Bertz CT molecular complexity index is 793. The standard InChI is InChI=1S/C22H25F2NO4/c23-15-3-7-19-13(9-15)1-5-21(28-19)17(26)11-25-12-18(27)22-6-2-14-10-16(24)4-8-20(14)29-22/h3-4,7-10,17-18,21-22,25-27H,1-2,5-6,11-12H2/t17-,18-,21-,22?/m1/s1. The van der Waals surface area contributed by atoms with E-state index in [1.807, 2.05) is 0 Å². The lowest BCUT2D eigenvalue weighted by atomic mass is 9.98. The fraction of sp³-hybridized carbons (Fsp3) is 0.455. The van der Waals surface area contributed by atoms with Gasteiger partial charge in [-0.15, -0.1) is 0 Å². The van der Waals surface area contributed by atoms with Crippen LogP contribution in [-0.4, -0.2) is 47.7 Å². The van der Waals surface area contributed by atoms with Crippen LogP contribution in [0.25, 0.3) is 0 Å². The van der Waals surface area contributed by atoms with Crippen molar-refractivity contribution < 1.29 is 28.5 Å². The molecule has 1 unspecified atom stereocenters. The highest BCUT2D eigenvalue weighted by molar-refractivity contribution is 5.36. The maximum atomic E-state index is 13.3. The molecule has 4 atom stereocenters. The van der Waals surface area contributed by atoms with Crippen LogP contribution >= 0.6 is 0 Å². The summed E-state index contributed by atoms with van der Waals surface area (Å²) in [6, 6.07) is 8.79. The maximum absolute atomic E-state index is 13.3. The second-order valence-corrected chi connectivity index (χ2v) is 7.69. The molecule has 0 aromatic heterocycles. The summed E-state index contributed by atoms with van der Waals surface area (Å²) in [5.41, 5.74) is 1.62. The molecule has 0 fully saturated rings. The highest BCUT2D eigenvalue weighted by atomic mass is 19.1. The SMILES string of the molecule is O[C@H](CNC[C@@H](O)[C@H]1CCc2cc(F)ccc2O1)C1CCc2cc(F)ccc2O1. The zero-order chi connectivity index (χ0) is 20.4. The van der Waals surface area contributed by atoms with Gasteiger partial charge in [0, 0.05) is 13.1 Å². The molecule has 0 amide bonds. The first-order chi connectivity index (χ1) is 14.0. The minimum absolute atomic E-state index is 0.257. The van der Waals surface area contributed by atoms with Crippen LogP contribution in [0.2, 0.25) is 0 Å². The zero-order valence-electron chi connectivity index (χ0n) is 16.0. The molecule has 5 nitrogen and oxygen atoms in total. The number of ether oxygens (including phenoxy) is 2. The lowest BCUT2D eigenvalue weighted by molar-refractivity contribution is 0.00892. The second-order valence-electron chi connectivity index (χ2n) is 7.69. The van der Waals surface area contributed by atoms with Gasteiger partial charge in [-0.05, 0) is 73.2 Å². The molecule has 0 spiro atoms. The maximum Gasteiger partial charge on any atom is 0.126 e. The summed E-state index contributed by atoms with van der Waals surface area (Å²) in [5.74, 6) is 0.624. The van der Waals surface area contributed by atoms with Crippen molar-refractivity contribution in [2.75, 3.05) is 13.1 Å². The van der Waals surface area contributed by atoms with Crippen LogP contribution < -0.4 is 14.8 Å². The summed E-state index contributed by atoms with van der Waals surface area (Å²) >= 11 is 0. The van der Waals surface area contributed by atoms with Gasteiger partial charge >= 0.3 is 0 Å². The Morgan fingerprint density at radius 3 is 1.72 bits per heavy atom. The van der Waals surface area contributed by atoms with E-state index in [9.17, 15) is 19.0 Å². The van der Waals surface area contributed by atoms with E-state index in [2.05, 4.69) is 5.32 Å². The molecule has 0 bridgehead atoms. The molecule has 29 heavy (non-hydrogen) atoms. The van der Waals surface area contributed by atoms with Crippen molar-refractivity contribution in [3.63, 3.8) is 0 Å². The van der Waals surface area contributed by atoms with E-state index in [0.29, 0.717) is 37.2 Å². The van der Waals surface area contributed by atoms with Gasteiger partial charge < -0.3 is 25.0 Å². The molecule has 4 rings (SSSR count). The largest absolute Gasteiger partial charge is 0.487 e. The van der Waals surface area contributed by atoms with Crippen LogP contribution in [0.5, 0.6) is 11.5 Å². The monoisotopic (exact) mass is 405 g/mol. The highest BCUT2D eigenvalue weighted by Crippen LogP contribution is 2.30. The second kappa shape index (κ2) is 8.65. The Morgan fingerprint density at radius 1 is 0.828 bits per heavy atom. The third-order valence-corrected chi connectivity index (χ3v) is 5.56. The van der Waals surface area contributed by atoms with E-state index in [1.165, 1.54) is 24.3 Å². The smallest absolute Gasteiger partial charge is 0.126 e. The van der Waals surface area contributed by atoms with Gasteiger partial charge in [-0.2, -0.15) is 0 Å². The fourth-order valence-corrected chi connectivity index (χ4v) is 3.94. The first-order valence-electron chi connectivity index (χ1n) is 9.96. The molecule has 0 aliphatic carbocycles. The van der Waals surface area contributed by atoms with Crippen molar-refractivity contribution in [3.8, 4) is 11.5 Å². The van der Waals surface area contributed by atoms with Crippen molar-refractivity contribution in [1.29, 1.82) is 0 Å².